The van der Waals surface area contributed by atoms with Crippen molar-refractivity contribution in [1.82, 2.24) is 10.2 Å². The Labute approximate surface area is 85.4 Å². The molecule has 1 radical (unpaired) electrons. The first-order chi connectivity index (χ1) is 6.81. The lowest BCUT2D eigenvalue weighted by molar-refractivity contribution is 0.0463. The van der Waals surface area contributed by atoms with Crippen molar-refractivity contribution in [3.8, 4) is 0 Å². The second kappa shape index (κ2) is 10.4. The van der Waals surface area contributed by atoms with Crippen LogP contribution in [0.1, 0.15) is 0 Å². The maximum Gasteiger partial charge on any atom is 0.311 e. The van der Waals surface area contributed by atoms with E-state index in [1.165, 1.54) is 4.90 Å². The Morgan fingerprint density at radius 2 is 1.86 bits per heavy atom. The van der Waals surface area contributed by atoms with Gasteiger partial charge in [0.2, 0.25) is 0 Å². The average molecular weight is 203 g/mol. The minimum Gasteiger partial charge on any atom is -0.378 e. The van der Waals surface area contributed by atoms with E-state index in [0.717, 1.165) is 6.54 Å². The molecule has 1 N–H and O–H groups in total. The second-order valence-electron chi connectivity index (χ2n) is 2.84. The number of ether oxygens (including phenoxy) is 2. The van der Waals surface area contributed by atoms with Crippen LogP contribution in [0.3, 0.4) is 0 Å². The Kier molecular flexibility index (Phi) is 9.95. The monoisotopic (exact) mass is 203 g/mol. The van der Waals surface area contributed by atoms with Gasteiger partial charge in [0.15, 0.2) is 0 Å². The lowest BCUT2D eigenvalue weighted by atomic mass is 10.6. The topological polar surface area (TPSA) is 50.8 Å². The summed E-state index contributed by atoms with van der Waals surface area (Å²) in [6.45, 7) is 3.80. The standard InChI is InChI=1S/C9H19N2O3/c1-10-3-5-13-7-8-14-6-4-11(2)9-12/h10H,3-8H2,1-2H3. The SMILES string of the molecule is CNCCOCCOCCN(C)[C]=O. The highest BCUT2D eigenvalue weighted by molar-refractivity contribution is 5.47. The first-order valence-corrected chi connectivity index (χ1v) is 4.70. The fourth-order valence-corrected chi connectivity index (χ4v) is 0.743. The molecule has 1 amide bonds. The molecule has 0 aromatic rings. The van der Waals surface area contributed by atoms with E-state index >= 15 is 0 Å². The van der Waals surface area contributed by atoms with E-state index in [9.17, 15) is 4.79 Å². The molecule has 0 aliphatic rings. The lowest BCUT2D eigenvalue weighted by Gasteiger charge is -2.09. The molecule has 0 bridgehead atoms. The minimum atomic E-state index is 0.529. The van der Waals surface area contributed by atoms with Gasteiger partial charge < -0.3 is 19.7 Å². The molecule has 0 aromatic heterocycles. The third kappa shape index (κ3) is 9.44. The summed E-state index contributed by atoms with van der Waals surface area (Å²) in [5.41, 5.74) is 0. The number of nitrogens with zero attached hydrogens (tertiary/aromatic N) is 1. The van der Waals surface area contributed by atoms with E-state index in [0.29, 0.717) is 33.0 Å². The minimum absolute atomic E-state index is 0.529. The predicted molar refractivity (Wildman–Crippen MR) is 53.9 cm³/mol. The van der Waals surface area contributed by atoms with Crippen LogP contribution in [0.25, 0.3) is 0 Å². The van der Waals surface area contributed by atoms with Crippen LogP contribution < -0.4 is 5.32 Å². The zero-order valence-corrected chi connectivity index (χ0v) is 8.91. The maximum absolute atomic E-state index is 10.1. The van der Waals surface area contributed by atoms with Crippen LogP contribution in [0.4, 0.5) is 0 Å². The molecule has 0 heterocycles. The Balaban J connectivity index is 2.95. The molecular weight excluding hydrogens is 184 g/mol. The van der Waals surface area contributed by atoms with Gasteiger partial charge in [0, 0.05) is 20.1 Å². The molecular formula is C9H19N2O3. The number of carbonyl (C=O) groups excluding carboxylic acids is 1. The van der Waals surface area contributed by atoms with Crippen LogP contribution in [0, 0.1) is 0 Å². The molecule has 0 spiro atoms. The highest BCUT2D eigenvalue weighted by Crippen LogP contribution is 1.80. The Bertz CT molecular complexity index is 133. The van der Waals surface area contributed by atoms with Gasteiger partial charge in [0.05, 0.1) is 26.4 Å². The molecule has 0 saturated carbocycles. The van der Waals surface area contributed by atoms with Gasteiger partial charge in [-0.3, -0.25) is 4.79 Å². The predicted octanol–water partition coefficient (Wildman–Crippen LogP) is -0.762. The Hall–Kier alpha value is -0.650. The number of likely N-dealkylation sites (N-methyl/N-ethyl adjacent to an activating group) is 2. The van der Waals surface area contributed by atoms with Crippen molar-refractivity contribution in [2.75, 3.05) is 53.6 Å². The molecule has 5 heteroatoms. The van der Waals surface area contributed by atoms with Crippen molar-refractivity contribution in [3.05, 3.63) is 0 Å². The largest absolute Gasteiger partial charge is 0.378 e. The van der Waals surface area contributed by atoms with E-state index in [1.54, 1.807) is 13.5 Å². The van der Waals surface area contributed by atoms with Crippen molar-refractivity contribution >= 4 is 6.41 Å². The van der Waals surface area contributed by atoms with Gasteiger partial charge in [-0.15, -0.1) is 0 Å². The van der Waals surface area contributed by atoms with Gasteiger partial charge in [0.1, 0.15) is 0 Å². The molecule has 0 atom stereocenters. The van der Waals surface area contributed by atoms with E-state index in [-0.39, 0.29) is 0 Å². The highest BCUT2D eigenvalue weighted by atomic mass is 16.5. The van der Waals surface area contributed by atoms with Gasteiger partial charge >= 0.3 is 6.41 Å². The van der Waals surface area contributed by atoms with Crippen LogP contribution in [0.15, 0.2) is 0 Å². The second-order valence-corrected chi connectivity index (χ2v) is 2.84. The summed E-state index contributed by atoms with van der Waals surface area (Å²) in [6, 6.07) is 0. The summed E-state index contributed by atoms with van der Waals surface area (Å²) in [4.78, 5) is 11.5. The number of hydrogen-bond donors (Lipinski definition) is 1. The average Bonchev–Trinajstić information content (AvgIpc) is 2.21. The van der Waals surface area contributed by atoms with Crippen molar-refractivity contribution in [2.24, 2.45) is 0 Å². The summed E-state index contributed by atoms with van der Waals surface area (Å²) >= 11 is 0. The van der Waals surface area contributed by atoms with E-state index in [1.807, 2.05) is 7.05 Å². The van der Waals surface area contributed by atoms with Crippen LogP contribution in [0.2, 0.25) is 0 Å². The number of rotatable bonds is 10. The summed E-state index contributed by atoms with van der Waals surface area (Å²) in [5, 5.41) is 2.98. The molecule has 0 aliphatic carbocycles. The quantitative estimate of drug-likeness (QED) is 0.374. The van der Waals surface area contributed by atoms with Crippen LogP contribution in [-0.4, -0.2) is 64.9 Å². The molecule has 0 rings (SSSR count). The van der Waals surface area contributed by atoms with Crippen molar-refractivity contribution in [1.29, 1.82) is 0 Å². The zero-order chi connectivity index (χ0) is 10.6. The summed E-state index contributed by atoms with van der Waals surface area (Å²) in [6.07, 6.45) is 1.75. The third-order valence-electron chi connectivity index (χ3n) is 1.60. The highest BCUT2D eigenvalue weighted by Gasteiger charge is 1.94. The molecule has 0 fully saturated rings. The van der Waals surface area contributed by atoms with Gasteiger partial charge in [0.25, 0.3) is 0 Å². The van der Waals surface area contributed by atoms with Crippen molar-refractivity contribution in [2.45, 2.75) is 0 Å². The number of amides is 1. The summed E-state index contributed by atoms with van der Waals surface area (Å²) < 4.78 is 10.4. The Morgan fingerprint density at radius 3 is 2.43 bits per heavy atom. The zero-order valence-electron chi connectivity index (χ0n) is 8.91. The van der Waals surface area contributed by atoms with E-state index in [4.69, 9.17) is 9.47 Å². The third-order valence-corrected chi connectivity index (χ3v) is 1.60. The number of hydrogen-bond acceptors (Lipinski definition) is 4. The van der Waals surface area contributed by atoms with E-state index in [2.05, 4.69) is 5.32 Å². The normalized spacial score (nSPS) is 10.1. The maximum atomic E-state index is 10.1. The van der Waals surface area contributed by atoms with Gasteiger partial charge in [-0.25, -0.2) is 0 Å². The first kappa shape index (κ1) is 13.4. The molecule has 83 valence electrons. The molecule has 14 heavy (non-hydrogen) atoms. The first-order valence-electron chi connectivity index (χ1n) is 4.70. The van der Waals surface area contributed by atoms with Crippen LogP contribution in [-0.2, 0) is 14.3 Å². The van der Waals surface area contributed by atoms with Gasteiger partial charge in [-0.2, -0.15) is 0 Å². The van der Waals surface area contributed by atoms with Crippen molar-refractivity contribution < 1.29 is 14.3 Å². The molecule has 0 aliphatic heterocycles. The fraction of sp³-hybridized carbons (Fsp3) is 0.889. The molecule has 0 unspecified atom stereocenters. The lowest BCUT2D eigenvalue weighted by Crippen LogP contribution is -2.22. The van der Waals surface area contributed by atoms with Gasteiger partial charge in [-0.1, -0.05) is 0 Å². The van der Waals surface area contributed by atoms with Crippen LogP contribution >= 0.6 is 0 Å². The smallest absolute Gasteiger partial charge is 0.311 e. The Morgan fingerprint density at radius 1 is 1.21 bits per heavy atom. The van der Waals surface area contributed by atoms with Crippen LogP contribution in [0.5, 0.6) is 0 Å². The number of nitrogens with one attached hydrogen (secondary N) is 1. The fourth-order valence-electron chi connectivity index (χ4n) is 0.743. The molecule has 5 nitrogen and oxygen atoms in total. The summed E-state index contributed by atoms with van der Waals surface area (Å²) in [7, 11) is 3.55. The van der Waals surface area contributed by atoms with E-state index < -0.39 is 0 Å². The molecule has 0 aromatic carbocycles. The van der Waals surface area contributed by atoms with Gasteiger partial charge in [-0.05, 0) is 7.05 Å². The van der Waals surface area contributed by atoms with Crippen molar-refractivity contribution in [3.63, 3.8) is 0 Å². The summed E-state index contributed by atoms with van der Waals surface area (Å²) in [5.74, 6) is 0. The molecule has 0 saturated heterocycles.